The molecule has 2 nitrogen and oxygen atoms in total. The summed E-state index contributed by atoms with van der Waals surface area (Å²) >= 11 is 5.65. The fourth-order valence-corrected chi connectivity index (χ4v) is 1.63. The summed E-state index contributed by atoms with van der Waals surface area (Å²) in [6, 6.07) is 4.32. The second-order valence-corrected chi connectivity index (χ2v) is 3.99. The van der Waals surface area contributed by atoms with Crippen molar-refractivity contribution in [1.29, 1.82) is 0 Å². The molecular weight excluding hydrogens is 215 g/mol. The number of hydrogen-bond acceptors (Lipinski definition) is 2. The number of benzene rings is 1. The van der Waals surface area contributed by atoms with Gasteiger partial charge in [-0.25, -0.2) is 4.39 Å². The Labute approximate surface area is 94.4 Å². The molecule has 0 heterocycles. The molecule has 1 rings (SSSR count). The average Bonchev–Trinajstić information content (AvgIpc) is 2.17. The minimum absolute atomic E-state index is 0.270. The summed E-state index contributed by atoms with van der Waals surface area (Å²) in [7, 11) is 0. The molecule has 0 unspecified atom stereocenters. The van der Waals surface area contributed by atoms with Gasteiger partial charge in [-0.05, 0) is 31.5 Å². The first kappa shape index (κ1) is 12.4. The van der Waals surface area contributed by atoms with Gasteiger partial charge in [0.25, 0.3) is 0 Å². The smallest absolute Gasteiger partial charge is 0.129 e. The Kier molecular flexibility index (Phi) is 5.02. The average molecular weight is 231 g/mol. The van der Waals surface area contributed by atoms with Crippen LogP contribution in [0.25, 0.3) is 0 Å². The molecular formula is C11H16ClFN2. The first-order valence-electron chi connectivity index (χ1n) is 5.05. The van der Waals surface area contributed by atoms with Crippen molar-refractivity contribution in [2.24, 2.45) is 11.5 Å². The Morgan fingerprint density at radius 1 is 1.33 bits per heavy atom. The summed E-state index contributed by atoms with van der Waals surface area (Å²) in [5.41, 5.74) is 11.8. The van der Waals surface area contributed by atoms with Gasteiger partial charge in [0.05, 0.1) is 0 Å². The van der Waals surface area contributed by atoms with E-state index in [2.05, 4.69) is 0 Å². The molecule has 0 saturated heterocycles. The molecule has 0 aliphatic heterocycles. The molecule has 0 aromatic heterocycles. The van der Waals surface area contributed by atoms with Crippen molar-refractivity contribution in [2.45, 2.75) is 25.3 Å². The Balaban J connectivity index is 2.61. The normalized spacial score (nSPS) is 12.8. The zero-order chi connectivity index (χ0) is 11.3. The van der Waals surface area contributed by atoms with Crippen LogP contribution in [0.2, 0.25) is 5.02 Å². The van der Waals surface area contributed by atoms with Crippen LogP contribution in [0.3, 0.4) is 0 Å². The van der Waals surface area contributed by atoms with Crippen LogP contribution in [0.1, 0.15) is 30.9 Å². The minimum atomic E-state index is -0.331. The number of nitrogens with two attached hydrogens (primary N) is 2. The van der Waals surface area contributed by atoms with Crippen molar-refractivity contribution in [1.82, 2.24) is 0 Å². The lowest BCUT2D eigenvalue weighted by molar-refractivity contribution is 0.543. The van der Waals surface area contributed by atoms with E-state index >= 15 is 0 Å². The highest BCUT2D eigenvalue weighted by Gasteiger charge is 2.10. The van der Waals surface area contributed by atoms with E-state index in [0.717, 1.165) is 19.3 Å². The van der Waals surface area contributed by atoms with Crippen molar-refractivity contribution in [3.63, 3.8) is 0 Å². The SMILES string of the molecule is NCCCC[C@H](N)c1ccc(Cl)cc1F. The van der Waals surface area contributed by atoms with Gasteiger partial charge in [-0.3, -0.25) is 0 Å². The zero-order valence-electron chi connectivity index (χ0n) is 8.55. The molecule has 1 atom stereocenters. The maximum Gasteiger partial charge on any atom is 0.129 e. The quantitative estimate of drug-likeness (QED) is 0.764. The topological polar surface area (TPSA) is 52.0 Å². The van der Waals surface area contributed by atoms with Gasteiger partial charge in [0.15, 0.2) is 0 Å². The van der Waals surface area contributed by atoms with Gasteiger partial charge in [0.1, 0.15) is 5.82 Å². The van der Waals surface area contributed by atoms with E-state index in [-0.39, 0.29) is 11.9 Å². The van der Waals surface area contributed by atoms with E-state index in [4.69, 9.17) is 23.1 Å². The third-order valence-corrected chi connectivity index (χ3v) is 2.57. The lowest BCUT2D eigenvalue weighted by atomic mass is 10.0. The molecule has 1 aromatic rings. The highest BCUT2D eigenvalue weighted by Crippen LogP contribution is 2.22. The van der Waals surface area contributed by atoms with Gasteiger partial charge in [-0.1, -0.05) is 24.1 Å². The largest absolute Gasteiger partial charge is 0.330 e. The van der Waals surface area contributed by atoms with Crippen LogP contribution < -0.4 is 11.5 Å². The second-order valence-electron chi connectivity index (χ2n) is 3.56. The Morgan fingerprint density at radius 3 is 2.67 bits per heavy atom. The summed E-state index contributed by atoms with van der Waals surface area (Å²) in [6.45, 7) is 0.649. The Bertz CT molecular complexity index is 317. The van der Waals surface area contributed by atoms with Gasteiger partial charge in [-0.15, -0.1) is 0 Å². The van der Waals surface area contributed by atoms with Crippen LogP contribution in [0.15, 0.2) is 18.2 Å². The second kappa shape index (κ2) is 6.05. The lowest BCUT2D eigenvalue weighted by Crippen LogP contribution is -2.12. The molecule has 0 amide bonds. The number of unbranched alkanes of at least 4 members (excludes halogenated alkanes) is 1. The highest BCUT2D eigenvalue weighted by molar-refractivity contribution is 6.30. The Morgan fingerprint density at radius 2 is 2.07 bits per heavy atom. The van der Waals surface area contributed by atoms with Crippen molar-refractivity contribution >= 4 is 11.6 Å². The van der Waals surface area contributed by atoms with Crippen molar-refractivity contribution in [2.75, 3.05) is 6.54 Å². The summed E-state index contributed by atoms with van der Waals surface area (Å²) in [5, 5.41) is 0.394. The van der Waals surface area contributed by atoms with Crippen LogP contribution in [0, 0.1) is 5.82 Å². The van der Waals surface area contributed by atoms with Gasteiger partial charge in [0.2, 0.25) is 0 Å². The predicted octanol–water partition coefficient (Wildman–Crippen LogP) is 2.61. The third-order valence-electron chi connectivity index (χ3n) is 2.33. The van der Waals surface area contributed by atoms with E-state index in [1.54, 1.807) is 12.1 Å². The van der Waals surface area contributed by atoms with Crippen LogP contribution in [0.4, 0.5) is 4.39 Å². The third kappa shape index (κ3) is 3.78. The molecule has 0 aliphatic rings. The molecule has 0 spiro atoms. The first-order valence-corrected chi connectivity index (χ1v) is 5.43. The maximum absolute atomic E-state index is 13.4. The molecule has 0 radical (unpaired) electrons. The molecule has 4 heteroatoms. The molecule has 0 aliphatic carbocycles. The van der Waals surface area contributed by atoms with Gasteiger partial charge in [0, 0.05) is 16.6 Å². The van der Waals surface area contributed by atoms with Crippen molar-refractivity contribution < 1.29 is 4.39 Å². The molecule has 0 bridgehead atoms. The van der Waals surface area contributed by atoms with Crippen LogP contribution >= 0.6 is 11.6 Å². The first-order chi connectivity index (χ1) is 7.15. The number of halogens is 2. The standard InChI is InChI=1S/C11H16ClFN2/c12-8-4-5-9(10(13)7-8)11(15)3-1-2-6-14/h4-5,7,11H,1-3,6,14-15H2/t11-/m0/s1. The van der Waals surface area contributed by atoms with E-state index in [1.165, 1.54) is 6.07 Å². The maximum atomic E-state index is 13.4. The van der Waals surface area contributed by atoms with Gasteiger partial charge in [-0.2, -0.15) is 0 Å². The summed E-state index contributed by atoms with van der Waals surface area (Å²) in [4.78, 5) is 0. The zero-order valence-corrected chi connectivity index (χ0v) is 9.30. The minimum Gasteiger partial charge on any atom is -0.330 e. The lowest BCUT2D eigenvalue weighted by Gasteiger charge is -2.12. The molecule has 84 valence electrons. The molecule has 15 heavy (non-hydrogen) atoms. The molecule has 0 fully saturated rings. The number of hydrogen-bond donors (Lipinski definition) is 2. The van der Waals surface area contributed by atoms with Crippen molar-refractivity contribution in [3.05, 3.63) is 34.6 Å². The fraction of sp³-hybridized carbons (Fsp3) is 0.455. The van der Waals surface area contributed by atoms with Gasteiger partial charge >= 0.3 is 0 Å². The predicted molar refractivity (Wildman–Crippen MR) is 61.2 cm³/mol. The van der Waals surface area contributed by atoms with Crippen LogP contribution in [-0.4, -0.2) is 6.54 Å². The number of rotatable bonds is 5. The van der Waals surface area contributed by atoms with Gasteiger partial charge < -0.3 is 11.5 Å². The summed E-state index contributed by atoms with van der Waals surface area (Å²) in [6.07, 6.45) is 2.58. The molecule has 1 aromatic carbocycles. The molecule has 4 N–H and O–H groups in total. The summed E-state index contributed by atoms with van der Waals surface area (Å²) < 4.78 is 13.4. The summed E-state index contributed by atoms with van der Waals surface area (Å²) in [5.74, 6) is -0.331. The van der Waals surface area contributed by atoms with E-state index in [0.29, 0.717) is 17.1 Å². The van der Waals surface area contributed by atoms with E-state index in [1.807, 2.05) is 0 Å². The monoisotopic (exact) mass is 230 g/mol. The highest BCUT2D eigenvalue weighted by atomic mass is 35.5. The van der Waals surface area contributed by atoms with Crippen molar-refractivity contribution in [3.8, 4) is 0 Å². The van der Waals surface area contributed by atoms with Crippen LogP contribution in [0.5, 0.6) is 0 Å². The van der Waals surface area contributed by atoms with E-state index < -0.39 is 0 Å². The fourth-order valence-electron chi connectivity index (χ4n) is 1.47. The molecule has 0 saturated carbocycles. The Hall–Kier alpha value is -0.640. The van der Waals surface area contributed by atoms with E-state index in [9.17, 15) is 4.39 Å². The van der Waals surface area contributed by atoms with Crippen LogP contribution in [-0.2, 0) is 0 Å².